The Bertz CT molecular complexity index is 1150. The van der Waals surface area contributed by atoms with Gasteiger partial charge in [-0.05, 0) is 48.0 Å². The highest BCUT2D eigenvalue weighted by Crippen LogP contribution is 2.39. The first-order valence-electron chi connectivity index (χ1n) is 9.14. The normalized spacial score (nSPS) is 12.8. The molecule has 1 aliphatic rings. The second-order valence-corrected chi connectivity index (χ2v) is 7.72. The summed E-state index contributed by atoms with van der Waals surface area (Å²) in [6.45, 7) is 0.120. The Morgan fingerprint density at radius 2 is 1.74 bits per heavy atom. The standard InChI is InChI=1S/C22H15F3N2O3S/c23-22(24,25)30-15-8-5-13(6-9-15)12-26-20(28)14-7-10-19-17(11-14)27-21(29)16-3-1-2-4-18(16)31-19/h1-11H,12H2,(H,26,28)(H,27,29). The van der Waals surface area contributed by atoms with E-state index in [1.807, 2.05) is 12.1 Å². The SMILES string of the molecule is O=C(NCc1ccc(OC(F)(F)F)cc1)c1ccc2c(c1)NC(=O)c1ccccc1S2. The van der Waals surface area contributed by atoms with Crippen LogP contribution in [0.5, 0.6) is 5.75 Å². The molecule has 9 heteroatoms. The lowest BCUT2D eigenvalue weighted by molar-refractivity contribution is -0.274. The monoisotopic (exact) mass is 444 g/mol. The highest BCUT2D eigenvalue weighted by molar-refractivity contribution is 7.99. The van der Waals surface area contributed by atoms with Crippen molar-refractivity contribution in [3.05, 3.63) is 83.4 Å². The third-order valence-electron chi connectivity index (χ3n) is 4.45. The quantitative estimate of drug-likeness (QED) is 0.578. The van der Waals surface area contributed by atoms with Gasteiger partial charge in [0, 0.05) is 21.9 Å². The highest BCUT2D eigenvalue weighted by Gasteiger charge is 2.31. The first-order valence-corrected chi connectivity index (χ1v) is 9.95. The van der Waals surface area contributed by atoms with Gasteiger partial charge in [-0.15, -0.1) is 13.2 Å². The van der Waals surface area contributed by atoms with E-state index in [2.05, 4.69) is 15.4 Å². The van der Waals surface area contributed by atoms with Crippen molar-refractivity contribution in [1.29, 1.82) is 0 Å². The maximum atomic E-state index is 12.5. The van der Waals surface area contributed by atoms with Gasteiger partial charge in [0.05, 0.1) is 11.3 Å². The number of fused-ring (bicyclic) bond motifs is 2. The molecule has 3 aromatic rings. The Kier molecular flexibility index (Phi) is 5.60. The number of carbonyl (C=O) groups excluding carboxylic acids is 2. The van der Waals surface area contributed by atoms with Crippen LogP contribution in [-0.4, -0.2) is 18.2 Å². The van der Waals surface area contributed by atoms with Gasteiger partial charge in [0.15, 0.2) is 0 Å². The van der Waals surface area contributed by atoms with E-state index in [-0.39, 0.29) is 24.1 Å². The van der Waals surface area contributed by atoms with Gasteiger partial charge >= 0.3 is 6.36 Å². The minimum atomic E-state index is -4.75. The third kappa shape index (κ3) is 5.00. The molecule has 5 nitrogen and oxygen atoms in total. The van der Waals surface area contributed by atoms with Gasteiger partial charge in [0.1, 0.15) is 5.75 Å². The fraction of sp³-hybridized carbons (Fsp3) is 0.0909. The van der Waals surface area contributed by atoms with Gasteiger partial charge in [-0.1, -0.05) is 36.0 Å². The van der Waals surface area contributed by atoms with Crippen LogP contribution in [-0.2, 0) is 6.54 Å². The molecule has 0 unspecified atom stereocenters. The number of hydrogen-bond donors (Lipinski definition) is 2. The number of ether oxygens (including phenoxy) is 1. The van der Waals surface area contributed by atoms with Crippen molar-refractivity contribution < 1.29 is 27.5 Å². The molecule has 0 aromatic heterocycles. The molecule has 3 aromatic carbocycles. The van der Waals surface area contributed by atoms with Crippen molar-refractivity contribution in [1.82, 2.24) is 5.32 Å². The molecule has 0 saturated carbocycles. The molecule has 1 aliphatic heterocycles. The minimum absolute atomic E-state index is 0.120. The van der Waals surface area contributed by atoms with Gasteiger partial charge in [-0.3, -0.25) is 9.59 Å². The number of anilines is 1. The molecule has 0 fully saturated rings. The van der Waals surface area contributed by atoms with E-state index in [1.54, 1.807) is 30.3 Å². The van der Waals surface area contributed by atoms with Gasteiger partial charge in [0.25, 0.3) is 11.8 Å². The molecule has 1 heterocycles. The number of amides is 2. The lowest BCUT2D eigenvalue weighted by atomic mass is 10.1. The van der Waals surface area contributed by atoms with Gasteiger partial charge < -0.3 is 15.4 Å². The molecule has 0 atom stereocenters. The molecule has 31 heavy (non-hydrogen) atoms. The first-order chi connectivity index (χ1) is 14.8. The average Bonchev–Trinajstić information content (AvgIpc) is 2.87. The lowest BCUT2D eigenvalue weighted by Crippen LogP contribution is -2.23. The van der Waals surface area contributed by atoms with Crippen molar-refractivity contribution in [2.45, 2.75) is 22.7 Å². The predicted molar refractivity (Wildman–Crippen MR) is 109 cm³/mol. The summed E-state index contributed by atoms with van der Waals surface area (Å²) in [5.41, 5.74) is 2.06. The van der Waals surface area contributed by atoms with E-state index in [0.717, 1.165) is 9.79 Å². The van der Waals surface area contributed by atoms with E-state index in [9.17, 15) is 22.8 Å². The number of benzene rings is 3. The third-order valence-corrected chi connectivity index (χ3v) is 5.60. The molecule has 0 aliphatic carbocycles. The topological polar surface area (TPSA) is 67.4 Å². The Hall–Kier alpha value is -3.46. The molecule has 4 rings (SSSR count). The molecule has 0 bridgehead atoms. The maximum Gasteiger partial charge on any atom is 0.573 e. The van der Waals surface area contributed by atoms with Crippen LogP contribution in [0, 0.1) is 0 Å². The Morgan fingerprint density at radius 1 is 1.00 bits per heavy atom. The Balaban J connectivity index is 1.43. The summed E-state index contributed by atoms with van der Waals surface area (Å²) in [5, 5.41) is 5.54. The molecular formula is C22H15F3N2O3S. The van der Waals surface area contributed by atoms with Crippen molar-refractivity contribution >= 4 is 29.3 Å². The number of carbonyl (C=O) groups is 2. The zero-order chi connectivity index (χ0) is 22.0. The smallest absolute Gasteiger partial charge is 0.406 e. The summed E-state index contributed by atoms with van der Waals surface area (Å²) in [6.07, 6.45) is -4.75. The van der Waals surface area contributed by atoms with E-state index in [1.165, 1.54) is 36.0 Å². The number of alkyl halides is 3. The van der Waals surface area contributed by atoms with Crippen molar-refractivity contribution in [3.63, 3.8) is 0 Å². The number of nitrogens with one attached hydrogen (secondary N) is 2. The van der Waals surface area contributed by atoms with E-state index >= 15 is 0 Å². The van der Waals surface area contributed by atoms with Crippen molar-refractivity contribution in [2.24, 2.45) is 0 Å². The molecular weight excluding hydrogens is 429 g/mol. The van der Waals surface area contributed by atoms with Crippen LogP contribution in [0.1, 0.15) is 26.3 Å². The van der Waals surface area contributed by atoms with E-state index < -0.39 is 6.36 Å². The second-order valence-electron chi connectivity index (χ2n) is 6.64. The fourth-order valence-electron chi connectivity index (χ4n) is 3.00. The molecule has 0 saturated heterocycles. The van der Waals surface area contributed by atoms with Gasteiger partial charge in [-0.25, -0.2) is 0 Å². The largest absolute Gasteiger partial charge is 0.573 e. The van der Waals surface area contributed by atoms with Crippen molar-refractivity contribution in [3.8, 4) is 5.75 Å². The second kappa shape index (κ2) is 8.35. The summed E-state index contributed by atoms with van der Waals surface area (Å²) in [7, 11) is 0. The van der Waals surface area contributed by atoms with Crippen LogP contribution in [0.4, 0.5) is 18.9 Å². The van der Waals surface area contributed by atoms with Crippen LogP contribution in [0.25, 0.3) is 0 Å². The zero-order valence-corrected chi connectivity index (χ0v) is 16.6. The molecule has 2 amide bonds. The van der Waals surface area contributed by atoms with E-state index in [4.69, 9.17) is 0 Å². The molecule has 0 radical (unpaired) electrons. The van der Waals surface area contributed by atoms with Crippen LogP contribution in [0.2, 0.25) is 0 Å². The van der Waals surface area contributed by atoms with E-state index in [0.29, 0.717) is 22.4 Å². The summed E-state index contributed by atoms with van der Waals surface area (Å²) >= 11 is 1.44. The summed E-state index contributed by atoms with van der Waals surface area (Å²) in [5.74, 6) is -0.956. The summed E-state index contributed by atoms with van der Waals surface area (Å²) < 4.78 is 40.5. The zero-order valence-electron chi connectivity index (χ0n) is 15.8. The number of halogens is 3. The minimum Gasteiger partial charge on any atom is -0.406 e. The Morgan fingerprint density at radius 3 is 2.48 bits per heavy atom. The molecule has 158 valence electrons. The Labute approximate surface area is 179 Å². The summed E-state index contributed by atoms with van der Waals surface area (Å²) in [4.78, 5) is 26.7. The van der Waals surface area contributed by atoms with Crippen molar-refractivity contribution in [2.75, 3.05) is 5.32 Å². The average molecular weight is 444 g/mol. The first kappa shape index (κ1) is 20.8. The summed E-state index contributed by atoms with van der Waals surface area (Å²) in [6, 6.07) is 17.5. The van der Waals surface area contributed by atoms with Crippen LogP contribution < -0.4 is 15.4 Å². The maximum absolute atomic E-state index is 12.5. The lowest BCUT2D eigenvalue weighted by Gasteiger charge is -2.11. The van der Waals surface area contributed by atoms with Gasteiger partial charge in [0.2, 0.25) is 0 Å². The fourth-order valence-corrected chi connectivity index (χ4v) is 4.01. The van der Waals surface area contributed by atoms with Crippen LogP contribution >= 0.6 is 11.8 Å². The van der Waals surface area contributed by atoms with Crippen LogP contribution in [0.3, 0.4) is 0 Å². The van der Waals surface area contributed by atoms with Gasteiger partial charge in [-0.2, -0.15) is 0 Å². The molecule has 0 spiro atoms. The number of hydrogen-bond acceptors (Lipinski definition) is 4. The number of rotatable bonds is 4. The molecule has 2 N–H and O–H groups in total. The highest BCUT2D eigenvalue weighted by atomic mass is 32.2. The van der Waals surface area contributed by atoms with Crippen LogP contribution in [0.15, 0.2) is 76.5 Å². The predicted octanol–water partition coefficient (Wildman–Crippen LogP) is 5.23.